The topological polar surface area (TPSA) is 12.0 Å². The predicted molar refractivity (Wildman–Crippen MR) is 80.4 cm³/mol. The molecule has 1 aliphatic rings. The van der Waals surface area contributed by atoms with Crippen molar-refractivity contribution in [1.29, 1.82) is 0 Å². The van der Waals surface area contributed by atoms with E-state index in [0.29, 0.717) is 6.04 Å². The molecule has 2 aromatic rings. The maximum Gasteiger partial charge on any atom is 0.0326 e. The summed E-state index contributed by atoms with van der Waals surface area (Å²) in [5.74, 6) is 0. The molecule has 3 rings (SSSR count). The molecule has 0 amide bonds. The molecular weight excluding hydrogens is 230 g/mol. The van der Waals surface area contributed by atoms with Crippen LogP contribution in [0.2, 0.25) is 0 Å². The maximum absolute atomic E-state index is 3.66. The standard InChI is InChI=1S/C18H21N/c1-14-7-9-17-16(13-14)11-12-19-18(17)10-8-15-5-3-2-4-6-15/h2-7,9,13,18-19H,8,10-12H2,1H3. The van der Waals surface area contributed by atoms with Gasteiger partial charge in [0, 0.05) is 6.04 Å². The average molecular weight is 251 g/mol. The monoisotopic (exact) mass is 251 g/mol. The molecule has 0 saturated carbocycles. The van der Waals surface area contributed by atoms with E-state index in [-0.39, 0.29) is 0 Å². The molecule has 1 unspecified atom stereocenters. The van der Waals surface area contributed by atoms with Gasteiger partial charge in [0.05, 0.1) is 0 Å². The van der Waals surface area contributed by atoms with Crippen LogP contribution in [0.5, 0.6) is 0 Å². The van der Waals surface area contributed by atoms with Gasteiger partial charge in [0.25, 0.3) is 0 Å². The zero-order valence-corrected chi connectivity index (χ0v) is 11.5. The van der Waals surface area contributed by atoms with E-state index in [4.69, 9.17) is 0 Å². The van der Waals surface area contributed by atoms with Crippen molar-refractivity contribution in [1.82, 2.24) is 5.32 Å². The Morgan fingerprint density at radius 2 is 1.95 bits per heavy atom. The first-order chi connectivity index (χ1) is 9.33. The number of nitrogens with one attached hydrogen (secondary N) is 1. The number of hydrogen-bond acceptors (Lipinski definition) is 1. The average Bonchev–Trinajstić information content (AvgIpc) is 2.45. The lowest BCUT2D eigenvalue weighted by atomic mass is 9.89. The van der Waals surface area contributed by atoms with Crippen molar-refractivity contribution < 1.29 is 0 Å². The fourth-order valence-electron chi connectivity index (χ4n) is 3.00. The molecule has 0 radical (unpaired) electrons. The Morgan fingerprint density at radius 3 is 2.79 bits per heavy atom. The summed E-state index contributed by atoms with van der Waals surface area (Å²) in [6.45, 7) is 3.29. The van der Waals surface area contributed by atoms with Gasteiger partial charge in [-0.05, 0) is 49.4 Å². The van der Waals surface area contributed by atoms with E-state index >= 15 is 0 Å². The first-order valence-corrected chi connectivity index (χ1v) is 7.19. The van der Waals surface area contributed by atoms with E-state index in [9.17, 15) is 0 Å². The van der Waals surface area contributed by atoms with Crippen LogP contribution in [0.1, 0.15) is 34.7 Å². The summed E-state index contributed by atoms with van der Waals surface area (Å²) in [6.07, 6.45) is 3.49. The third kappa shape index (κ3) is 2.87. The third-order valence-electron chi connectivity index (χ3n) is 4.02. The summed E-state index contributed by atoms with van der Waals surface area (Å²) in [4.78, 5) is 0. The predicted octanol–water partition coefficient (Wildman–Crippen LogP) is 3.81. The molecule has 1 aliphatic heterocycles. The summed E-state index contributed by atoms with van der Waals surface area (Å²) in [5, 5.41) is 3.66. The lowest BCUT2D eigenvalue weighted by Gasteiger charge is -2.27. The van der Waals surface area contributed by atoms with E-state index in [1.54, 1.807) is 0 Å². The summed E-state index contributed by atoms with van der Waals surface area (Å²) < 4.78 is 0. The molecule has 0 bridgehead atoms. The van der Waals surface area contributed by atoms with E-state index in [1.165, 1.54) is 35.1 Å². The van der Waals surface area contributed by atoms with Crippen LogP contribution >= 0.6 is 0 Å². The molecule has 2 aromatic carbocycles. The Morgan fingerprint density at radius 1 is 1.11 bits per heavy atom. The molecule has 0 aromatic heterocycles. The van der Waals surface area contributed by atoms with Crippen molar-refractivity contribution >= 4 is 0 Å². The quantitative estimate of drug-likeness (QED) is 0.874. The molecule has 0 saturated heterocycles. The van der Waals surface area contributed by atoms with Crippen molar-refractivity contribution in [2.24, 2.45) is 0 Å². The van der Waals surface area contributed by atoms with Crippen molar-refractivity contribution in [2.75, 3.05) is 6.54 Å². The van der Waals surface area contributed by atoms with Crippen LogP contribution in [0, 0.1) is 6.92 Å². The third-order valence-corrected chi connectivity index (χ3v) is 4.02. The van der Waals surface area contributed by atoms with Gasteiger partial charge in [0.1, 0.15) is 0 Å². The fourth-order valence-corrected chi connectivity index (χ4v) is 3.00. The molecular formula is C18H21N. The molecule has 1 heteroatoms. The minimum Gasteiger partial charge on any atom is -0.310 e. The highest BCUT2D eigenvalue weighted by atomic mass is 14.9. The Balaban J connectivity index is 1.73. The van der Waals surface area contributed by atoms with Gasteiger partial charge in [-0.25, -0.2) is 0 Å². The van der Waals surface area contributed by atoms with Gasteiger partial charge < -0.3 is 5.32 Å². The summed E-state index contributed by atoms with van der Waals surface area (Å²) in [6, 6.07) is 18.2. The van der Waals surface area contributed by atoms with Gasteiger partial charge in [-0.2, -0.15) is 0 Å². The van der Waals surface area contributed by atoms with Crippen LogP contribution in [0.3, 0.4) is 0 Å². The van der Waals surface area contributed by atoms with Crippen LogP contribution in [-0.4, -0.2) is 6.54 Å². The minimum atomic E-state index is 0.518. The van der Waals surface area contributed by atoms with Gasteiger partial charge in [-0.15, -0.1) is 0 Å². The van der Waals surface area contributed by atoms with Crippen molar-refractivity contribution in [3.8, 4) is 0 Å². The first kappa shape index (κ1) is 12.4. The van der Waals surface area contributed by atoms with Gasteiger partial charge in [0.15, 0.2) is 0 Å². The highest BCUT2D eigenvalue weighted by molar-refractivity contribution is 5.36. The van der Waals surface area contributed by atoms with E-state index in [2.05, 4.69) is 60.8 Å². The van der Waals surface area contributed by atoms with Crippen LogP contribution < -0.4 is 5.32 Å². The second kappa shape index (κ2) is 5.58. The molecule has 1 atom stereocenters. The van der Waals surface area contributed by atoms with Crippen molar-refractivity contribution in [3.63, 3.8) is 0 Å². The smallest absolute Gasteiger partial charge is 0.0326 e. The highest BCUT2D eigenvalue weighted by Crippen LogP contribution is 2.27. The molecule has 0 fully saturated rings. The molecule has 1 heterocycles. The van der Waals surface area contributed by atoms with Crippen molar-refractivity contribution in [3.05, 3.63) is 70.8 Å². The molecule has 98 valence electrons. The molecule has 19 heavy (non-hydrogen) atoms. The highest BCUT2D eigenvalue weighted by Gasteiger charge is 2.19. The fraction of sp³-hybridized carbons (Fsp3) is 0.333. The molecule has 0 aliphatic carbocycles. The maximum atomic E-state index is 3.66. The summed E-state index contributed by atoms with van der Waals surface area (Å²) in [7, 11) is 0. The SMILES string of the molecule is Cc1ccc2c(c1)CCNC2CCc1ccccc1. The van der Waals surface area contributed by atoms with Crippen LogP contribution in [-0.2, 0) is 12.8 Å². The van der Waals surface area contributed by atoms with Crippen LogP contribution in [0.4, 0.5) is 0 Å². The zero-order valence-electron chi connectivity index (χ0n) is 11.5. The van der Waals surface area contributed by atoms with Gasteiger partial charge in [-0.1, -0.05) is 54.1 Å². The number of aryl methyl sites for hydroxylation is 2. The van der Waals surface area contributed by atoms with E-state index in [0.717, 1.165) is 13.0 Å². The molecule has 1 N–H and O–H groups in total. The second-order valence-electron chi connectivity index (χ2n) is 5.48. The lowest BCUT2D eigenvalue weighted by molar-refractivity contribution is 0.475. The number of hydrogen-bond donors (Lipinski definition) is 1. The van der Waals surface area contributed by atoms with Crippen molar-refractivity contribution in [2.45, 2.75) is 32.2 Å². The first-order valence-electron chi connectivity index (χ1n) is 7.19. The normalized spacial score (nSPS) is 18.1. The number of rotatable bonds is 3. The Kier molecular flexibility index (Phi) is 3.65. The Labute approximate surface area is 115 Å². The molecule has 1 nitrogen and oxygen atoms in total. The summed E-state index contributed by atoms with van der Waals surface area (Å²) >= 11 is 0. The van der Waals surface area contributed by atoms with Crippen LogP contribution in [0.25, 0.3) is 0 Å². The zero-order chi connectivity index (χ0) is 13.1. The lowest BCUT2D eigenvalue weighted by Crippen LogP contribution is -2.30. The largest absolute Gasteiger partial charge is 0.310 e. The van der Waals surface area contributed by atoms with Gasteiger partial charge in [0.2, 0.25) is 0 Å². The van der Waals surface area contributed by atoms with Gasteiger partial charge in [-0.3, -0.25) is 0 Å². The molecule has 0 spiro atoms. The second-order valence-corrected chi connectivity index (χ2v) is 5.48. The Bertz CT molecular complexity index is 545. The number of fused-ring (bicyclic) bond motifs is 1. The minimum absolute atomic E-state index is 0.518. The number of benzene rings is 2. The van der Waals surface area contributed by atoms with Gasteiger partial charge >= 0.3 is 0 Å². The van der Waals surface area contributed by atoms with E-state index < -0.39 is 0 Å². The van der Waals surface area contributed by atoms with Crippen LogP contribution in [0.15, 0.2) is 48.5 Å². The summed E-state index contributed by atoms with van der Waals surface area (Å²) in [5.41, 5.74) is 5.86. The Hall–Kier alpha value is -1.60. The van der Waals surface area contributed by atoms with E-state index in [1.807, 2.05) is 0 Å².